The molecule has 0 radical (unpaired) electrons. The van der Waals surface area contributed by atoms with Crippen molar-refractivity contribution in [1.82, 2.24) is 4.57 Å². The van der Waals surface area contributed by atoms with E-state index in [0.717, 1.165) is 14.8 Å². The van der Waals surface area contributed by atoms with Crippen LogP contribution in [0.3, 0.4) is 0 Å². The zero-order valence-electron chi connectivity index (χ0n) is 8.64. The first-order chi connectivity index (χ1) is 7.58. The van der Waals surface area contributed by atoms with Crippen molar-refractivity contribution >= 4 is 28.6 Å². The quantitative estimate of drug-likeness (QED) is 0.862. The van der Waals surface area contributed by atoms with E-state index < -0.39 is 5.97 Å². The first kappa shape index (κ1) is 11.2. The van der Waals surface area contributed by atoms with Crippen molar-refractivity contribution in [1.29, 1.82) is 0 Å². The number of aryl methyl sites for hydroxylation is 1. The summed E-state index contributed by atoms with van der Waals surface area (Å²) < 4.78 is 2.60. The lowest BCUT2D eigenvalue weighted by Crippen LogP contribution is -2.05. The lowest BCUT2D eigenvalue weighted by atomic mass is 10.2. The number of halogens is 1. The van der Waals surface area contributed by atoms with Gasteiger partial charge in [0.1, 0.15) is 5.69 Å². The van der Waals surface area contributed by atoms with Crippen molar-refractivity contribution in [3.05, 3.63) is 51.4 Å². The molecule has 0 aliphatic rings. The topological polar surface area (TPSA) is 42.2 Å². The molecule has 0 bridgehead atoms. The highest BCUT2D eigenvalue weighted by Gasteiger charge is 2.12. The Morgan fingerprint density at radius 2 is 1.94 bits per heavy atom. The minimum atomic E-state index is -0.913. The van der Waals surface area contributed by atoms with Gasteiger partial charge in [-0.05, 0) is 47.7 Å². The van der Waals surface area contributed by atoms with Gasteiger partial charge in [0.15, 0.2) is 0 Å². The molecule has 0 amide bonds. The Morgan fingerprint density at radius 3 is 2.50 bits per heavy atom. The second-order valence-electron chi connectivity index (χ2n) is 3.55. The summed E-state index contributed by atoms with van der Waals surface area (Å²) >= 11 is 2.11. The number of aromatic carboxylic acids is 1. The summed E-state index contributed by atoms with van der Waals surface area (Å²) in [5.74, 6) is -0.913. The van der Waals surface area contributed by atoms with Crippen LogP contribution >= 0.6 is 22.6 Å². The summed E-state index contributed by atoms with van der Waals surface area (Å²) in [5, 5.41) is 9.07. The molecule has 0 saturated carbocycles. The molecular formula is C12H10INO2. The van der Waals surface area contributed by atoms with Gasteiger partial charge in [0.2, 0.25) is 0 Å². The molecule has 2 rings (SSSR count). The zero-order valence-corrected chi connectivity index (χ0v) is 10.8. The van der Waals surface area contributed by atoms with Crippen LogP contribution in [0.5, 0.6) is 0 Å². The number of benzene rings is 1. The van der Waals surface area contributed by atoms with Crippen LogP contribution < -0.4 is 0 Å². The van der Waals surface area contributed by atoms with E-state index in [0.29, 0.717) is 0 Å². The fourth-order valence-corrected chi connectivity index (χ4v) is 2.09. The number of carboxylic acid groups (broad SMARTS) is 1. The fraction of sp³-hybridized carbons (Fsp3) is 0.0833. The molecule has 1 N–H and O–H groups in total. The first-order valence-corrected chi connectivity index (χ1v) is 5.84. The van der Waals surface area contributed by atoms with Gasteiger partial charge in [-0.15, -0.1) is 0 Å². The van der Waals surface area contributed by atoms with Crippen LogP contribution in [0.1, 0.15) is 16.1 Å². The normalized spacial score (nSPS) is 10.4. The maximum Gasteiger partial charge on any atom is 0.352 e. The summed E-state index contributed by atoms with van der Waals surface area (Å²) in [6.07, 6.45) is 1.81. The highest BCUT2D eigenvalue weighted by Crippen LogP contribution is 2.17. The Kier molecular flexibility index (Phi) is 3.00. The molecule has 2 aromatic rings. The molecule has 1 heterocycles. The Bertz CT molecular complexity index is 528. The molecule has 0 atom stereocenters. The van der Waals surface area contributed by atoms with Crippen LogP contribution in [0, 0.1) is 10.5 Å². The van der Waals surface area contributed by atoms with E-state index in [4.69, 9.17) is 5.11 Å². The van der Waals surface area contributed by atoms with Crippen LogP contribution in [0.15, 0.2) is 36.5 Å². The number of nitrogens with zero attached hydrogens (tertiary/aromatic N) is 1. The highest BCUT2D eigenvalue weighted by atomic mass is 127. The summed E-state index contributed by atoms with van der Waals surface area (Å²) in [6.45, 7) is 2.00. The molecule has 1 aromatic carbocycles. The van der Waals surface area contributed by atoms with Gasteiger partial charge in [0.05, 0.1) is 0 Å². The number of carboxylic acids is 1. The molecule has 3 nitrogen and oxygen atoms in total. The predicted molar refractivity (Wildman–Crippen MR) is 70.2 cm³/mol. The average Bonchev–Trinajstić information content (AvgIpc) is 2.61. The molecule has 0 saturated heterocycles. The van der Waals surface area contributed by atoms with E-state index in [9.17, 15) is 4.79 Å². The standard InChI is InChI=1S/C12H10INO2/c1-8-2-4-10(5-3-8)14-7-9(13)6-11(14)12(15)16/h2-7H,1H3,(H,15,16). The highest BCUT2D eigenvalue weighted by molar-refractivity contribution is 14.1. The molecule has 0 aliphatic carbocycles. The van der Waals surface area contributed by atoms with Gasteiger partial charge in [-0.25, -0.2) is 4.79 Å². The maximum absolute atomic E-state index is 11.1. The molecule has 82 valence electrons. The Balaban J connectivity index is 2.55. The number of hydrogen-bond donors (Lipinski definition) is 1. The second-order valence-corrected chi connectivity index (χ2v) is 4.80. The van der Waals surface area contributed by atoms with Crippen LogP contribution in [0.4, 0.5) is 0 Å². The molecule has 0 fully saturated rings. The van der Waals surface area contributed by atoms with Gasteiger partial charge in [-0.2, -0.15) is 0 Å². The van der Waals surface area contributed by atoms with Gasteiger partial charge in [-0.1, -0.05) is 17.7 Å². The third-order valence-corrected chi connectivity index (χ3v) is 2.91. The smallest absolute Gasteiger partial charge is 0.352 e. The van der Waals surface area contributed by atoms with Crippen molar-refractivity contribution in [2.24, 2.45) is 0 Å². The van der Waals surface area contributed by atoms with E-state index in [1.807, 2.05) is 37.4 Å². The molecule has 0 spiro atoms. The van der Waals surface area contributed by atoms with Crippen molar-refractivity contribution in [2.45, 2.75) is 6.92 Å². The number of hydrogen-bond acceptors (Lipinski definition) is 1. The monoisotopic (exact) mass is 327 g/mol. The molecule has 0 unspecified atom stereocenters. The van der Waals surface area contributed by atoms with Crippen molar-refractivity contribution in [3.63, 3.8) is 0 Å². The van der Waals surface area contributed by atoms with Gasteiger partial charge in [0.25, 0.3) is 0 Å². The lowest BCUT2D eigenvalue weighted by molar-refractivity contribution is 0.0688. The number of carbonyl (C=O) groups is 1. The van der Waals surface area contributed by atoms with Gasteiger partial charge >= 0.3 is 5.97 Å². The molecular weight excluding hydrogens is 317 g/mol. The Hall–Kier alpha value is -1.30. The van der Waals surface area contributed by atoms with Crippen molar-refractivity contribution in [3.8, 4) is 5.69 Å². The van der Waals surface area contributed by atoms with Gasteiger partial charge in [0, 0.05) is 15.5 Å². The van der Waals surface area contributed by atoms with E-state index in [1.54, 1.807) is 10.6 Å². The maximum atomic E-state index is 11.1. The molecule has 16 heavy (non-hydrogen) atoms. The van der Waals surface area contributed by atoms with Crippen LogP contribution in [-0.4, -0.2) is 15.6 Å². The minimum absolute atomic E-state index is 0.285. The minimum Gasteiger partial charge on any atom is -0.477 e. The molecule has 4 heteroatoms. The Labute approximate surface area is 107 Å². The molecule has 0 aliphatic heterocycles. The van der Waals surface area contributed by atoms with E-state index >= 15 is 0 Å². The third-order valence-electron chi connectivity index (χ3n) is 2.32. The zero-order chi connectivity index (χ0) is 11.7. The second kappa shape index (κ2) is 4.29. The number of rotatable bonds is 2. The Morgan fingerprint density at radius 1 is 1.31 bits per heavy atom. The first-order valence-electron chi connectivity index (χ1n) is 4.76. The van der Waals surface area contributed by atoms with Gasteiger partial charge in [-0.3, -0.25) is 0 Å². The fourth-order valence-electron chi connectivity index (χ4n) is 1.51. The third kappa shape index (κ3) is 2.11. The van der Waals surface area contributed by atoms with Crippen LogP contribution in [-0.2, 0) is 0 Å². The van der Waals surface area contributed by atoms with E-state index in [-0.39, 0.29) is 5.69 Å². The van der Waals surface area contributed by atoms with E-state index in [1.165, 1.54) is 0 Å². The van der Waals surface area contributed by atoms with Crippen LogP contribution in [0.2, 0.25) is 0 Å². The van der Waals surface area contributed by atoms with Crippen LogP contribution in [0.25, 0.3) is 5.69 Å². The van der Waals surface area contributed by atoms with Crippen molar-refractivity contribution < 1.29 is 9.90 Å². The lowest BCUT2D eigenvalue weighted by Gasteiger charge is -2.06. The summed E-state index contributed by atoms with van der Waals surface area (Å²) in [6, 6.07) is 9.42. The summed E-state index contributed by atoms with van der Waals surface area (Å²) in [4.78, 5) is 11.1. The summed E-state index contributed by atoms with van der Waals surface area (Å²) in [5.41, 5.74) is 2.31. The SMILES string of the molecule is Cc1ccc(-n2cc(I)cc2C(=O)O)cc1. The number of aromatic nitrogens is 1. The van der Waals surface area contributed by atoms with Crippen molar-refractivity contribution in [2.75, 3.05) is 0 Å². The largest absolute Gasteiger partial charge is 0.477 e. The average molecular weight is 327 g/mol. The van der Waals surface area contributed by atoms with Gasteiger partial charge < -0.3 is 9.67 Å². The molecule has 1 aromatic heterocycles. The summed E-state index contributed by atoms with van der Waals surface area (Å²) in [7, 11) is 0. The predicted octanol–water partition coefficient (Wildman–Crippen LogP) is 3.09. The van der Waals surface area contributed by atoms with E-state index in [2.05, 4.69) is 22.6 Å².